The van der Waals surface area contributed by atoms with Crippen molar-refractivity contribution in [1.82, 2.24) is 14.9 Å². The molecule has 0 saturated carbocycles. The van der Waals surface area contributed by atoms with Crippen molar-refractivity contribution < 1.29 is 22.7 Å². The number of morpholine rings is 1. The molecule has 1 aromatic rings. The number of benzene rings is 1. The molecule has 0 spiro atoms. The summed E-state index contributed by atoms with van der Waals surface area (Å²) in [5, 5.41) is 2.61. The van der Waals surface area contributed by atoms with Gasteiger partial charge in [0.15, 0.2) is 0 Å². The summed E-state index contributed by atoms with van der Waals surface area (Å²) in [5.41, 5.74) is 0.457. The Morgan fingerprint density at radius 2 is 1.88 bits per heavy atom. The zero-order valence-electron chi connectivity index (χ0n) is 14.4. The highest BCUT2D eigenvalue weighted by molar-refractivity contribution is 7.89. The van der Waals surface area contributed by atoms with Gasteiger partial charge in [-0.05, 0) is 24.3 Å². The van der Waals surface area contributed by atoms with Crippen LogP contribution < -0.4 is 14.8 Å². The predicted molar refractivity (Wildman–Crippen MR) is 94.4 cm³/mol. The second kappa shape index (κ2) is 9.71. The van der Waals surface area contributed by atoms with E-state index in [1.54, 1.807) is 31.4 Å². The van der Waals surface area contributed by atoms with E-state index in [2.05, 4.69) is 14.9 Å². The smallest absolute Gasteiger partial charge is 0.251 e. The molecular weight excluding hydrogens is 346 g/mol. The first-order valence-electron chi connectivity index (χ1n) is 8.20. The summed E-state index contributed by atoms with van der Waals surface area (Å²) in [5.74, 6) is 0.188. The summed E-state index contributed by atoms with van der Waals surface area (Å²) >= 11 is 0. The van der Waals surface area contributed by atoms with Crippen molar-refractivity contribution in [2.45, 2.75) is 0 Å². The summed E-state index contributed by atoms with van der Waals surface area (Å²) in [6.45, 7) is 4.07. The van der Waals surface area contributed by atoms with Crippen LogP contribution in [0.3, 0.4) is 0 Å². The Morgan fingerprint density at radius 3 is 2.52 bits per heavy atom. The van der Waals surface area contributed by atoms with Gasteiger partial charge in [-0.15, -0.1) is 0 Å². The van der Waals surface area contributed by atoms with Crippen LogP contribution in [0.15, 0.2) is 24.3 Å². The summed E-state index contributed by atoms with van der Waals surface area (Å²) in [6, 6.07) is 6.62. The lowest BCUT2D eigenvalue weighted by molar-refractivity contribution is 0.0390. The van der Waals surface area contributed by atoms with Crippen LogP contribution in [0.5, 0.6) is 5.75 Å². The van der Waals surface area contributed by atoms with E-state index in [-0.39, 0.29) is 18.2 Å². The van der Waals surface area contributed by atoms with Gasteiger partial charge in [0.25, 0.3) is 5.91 Å². The Morgan fingerprint density at radius 1 is 1.20 bits per heavy atom. The van der Waals surface area contributed by atoms with Gasteiger partial charge < -0.3 is 14.8 Å². The van der Waals surface area contributed by atoms with Gasteiger partial charge in [-0.3, -0.25) is 9.69 Å². The molecule has 1 aliphatic heterocycles. The van der Waals surface area contributed by atoms with E-state index in [1.165, 1.54) is 0 Å². The Labute approximate surface area is 148 Å². The molecular formula is C16H25N3O5S. The number of carbonyl (C=O) groups excluding carboxylic acids is 1. The topological polar surface area (TPSA) is 97.0 Å². The summed E-state index contributed by atoms with van der Waals surface area (Å²) in [7, 11) is -1.87. The molecule has 0 radical (unpaired) electrons. The maximum atomic E-state index is 12.0. The average molecular weight is 371 g/mol. The van der Waals surface area contributed by atoms with Gasteiger partial charge in [-0.25, -0.2) is 13.1 Å². The zero-order chi connectivity index (χ0) is 18.1. The minimum Gasteiger partial charge on any atom is -0.497 e. The largest absolute Gasteiger partial charge is 0.497 e. The third kappa shape index (κ3) is 6.99. The van der Waals surface area contributed by atoms with Crippen LogP contribution in [0.2, 0.25) is 0 Å². The standard InChI is InChI=1S/C16H25N3O5S/c1-23-15-4-2-14(3-5-15)16(20)17-7-13-25(21,22)18-6-8-19-9-11-24-12-10-19/h2-5,18H,6-13H2,1H3,(H,17,20). The second-order valence-corrected chi connectivity index (χ2v) is 7.58. The van der Waals surface area contributed by atoms with Crippen LogP contribution in [0.25, 0.3) is 0 Å². The fourth-order valence-corrected chi connectivity index (χ4v) is 3.32. The first kappa shape index (κ1) is 19.6. The molecule has 1 fully saturated rings. The monoisotopic (exact) mass is 371 g/mol. The molecule has 1 saturated heterocycles. The van der Waals surface area contributed by atoms with Gasteiger partial charge in [0.1, 0.15) is 5.75 Å². The molecule has 0 atom stereocenters. The number of amides is 1. The minimum atomic E-state index is -3.41. The van der Waals surface area contributed by atoms with Gasteiger partial charge in [0.2, 0.25) is 10.0 Å². The molecule has 140 valence electrons. The van der Waals surface area contributed by atoms with Crippen molar-refractivity contribution in [1.29, 1.82) is 0 Å². The van der Waals surface area contributed by atoms with E-state index in [9.17, 15) is 13.2 Å². The number of ether oxygens (including phenoxy) is 2. The molecule has 2 N–H and O–H groups in total. The van der Waals surface area contributed by atoms with Crippen molar-refractivity contribution in [3.8, 4) is 5.75 Å². The van der Waals surface area contributed by atoms with Crippen LogP contribution >= 0.6 is 0 Å². The summed E-state index contributed by atoms with van der Waals surface area (Å²) in [4.78, 5) is 14.1. The van der Waals surface area contributed by atoms with Crippen molar-refractivity contribution >= 4 is 15.9 Å². The van der Waals surface area contributed by atoms with E-state index in [4.69, 9.17) is 9.47 Å². The SMILES string of the molecule is COc1ccc(C(=O)NCCS(=O)(=O)NCCN2CCOCC2)cc1. The molecule has 8 nitrogen and oxygen atoms in total. The van der Waals surface area contributed by atoms with Crippen LogP contribution in [-0.4, -0.2) is 78.0 Å². The van der Waals surface area contributed by atoms with E-state index in [0.29, 0.717) is 37.6 Å². The molecule has 1 amide bonds. The third-order valence-electron chi connectivity index (χ3n) is 3.86. The maximum absolute atomic E-state index is 12.0. The van der Waals surface area contributed by atoms with Crippen LogP contribution in [0.1, 0.15) is 10.4 Å². The fraction of sp³-hybridized carbons (Fsp3) is 0.562. The molecule has 1 heterocycles. The molecule has 9 heteroatoms. The Bertz CT molecular complexity index is 642. The van der Waals surface area contributed by atoms with Crippen LogP contribution in [0, 0.1) is 0 Å². The number of nitrogens with one attached hydrogen (secondary N) is 2. The van der Waals surface area contributed by atoms with Crippen molar-refractivity contribution in [2.24, 2.45) is 0 Å². The quantitative estimate of drug-likeness (QED) is 0.617. The number of nitrogens with zero attached hydrogens (tertiary/aromatic N) is 1. The normalized spacial score (nSPS) is 15.7. The van der Waals surface area contributed by atoms with E-state index in [1.807, 2.05) is 0 Å². The number of hydrogen-bond acceptors (Lipinski definition) is 6. The highest BCUT2D eigenvalue weighted by atomic mass is 32.2. The van der Waals surface area contributed by atoms with Crippen LogP contribution in [-0.2, 0) is 14.8 Å². The first-order valence-corrected chi connectivity index (χ1v) is 9.85. The van der Waals surface area contributed by atoms with Gasteiger partial charge in [-0.1, -0.05) is 0 Å². The number of methoxy groups -OCH3 is 1. The summed E-state index contributed by atoms with van der Waals surface area (Å²) in [6.07, 6.45) is 0. The van der Waals surface area contributed by atoms with Gasteiger partial charge >= 0.3 is 0 Å². The Hall–Kier alpha value is -1.68. The third-order valence-corrected chi connectivity index (χ3v) is 5.25. The first-order chi connectivity index (χ1) is 12.0. The molecule has 0 bridgehead atoms. The minimum absolute atomic E-state index is 0.0533. The number of hydrogen-bond donors (Lipinski definition) is 2. The molecule has 25 heavy (non-hydrogen) atoms. The molecule has 0 aromatic heterocycles. The summed E-state index contributed by atoms with van der Waals surface area (Å²) < 4.78 is 36.7. The molecule has 1 aromatic carbocycles. The zero-order valence-corrected chi connectivity index (χ0v) is 15.2. The highest BCUT2D eigenvalue weighted by Gasteiger charge is 2.14. The highest BCUT2D eigenvalue weighted by Crippen LogP contribution is 2.10. The van der Waals surface area contributed by atoms with E-state index >= 15 is 0 Å². The predicted octanol–water partition coefficient (Wildman–Crippen LogP) is -0.323. The lowest BCUT2D eigenvalue weighted by Gasteiger charge is -2.26. The van der Waals surface area contributed by atoms with E-state index in [0.717, 1.165) is 13.1 Å². The lowest BCUT2D eigenvalue weighted by Crippen LogP contribution is -2.42. The fourth-order valence-electron chi connectivity index (χ4n) is 2.40. The van der Waals surface area contributed by atoms with Crippen LogP contribution in [0.4, 0.5) is 0 Å². The van der Waals surface area contributed by atoms with Crippen molar-refractivity contribution in [3.05, 3.63) is 29.8 Å². The van der Waals surface area contributed by atoms with Crippen molar-refractivity contribution in [3.63, 3.8) is 0 Å². The number of sulfonamides is 1. The number of rotatable bonds is 9. The van der Waals surface area contributed by atoms with Gasteiger partial charge in [0, 0.05) is 38.3 Å². The molecule has 0 aliphatic carbocycles. The van der Waals surface area contributed by atoms with Gasteiger partial charge in [0.05, 0.1) is 26.1 Å². The number of carbonyl (C=O) groups is 1. The molecule has 1 aliphatic rings. The Kier molecular flexibility index (Phi) is 7.63. The molecule has 2 rings (SSSR count). The average Bonchev–Trinajstić information content (AvgIpc) is 2.62. The molecule has 0 unspecified atom stereocenters. The van der Waals surface area contributed by atoms with Crippen molar-refractivity contribution in [2.75, 3.05) is 58.8 Å². The van der Waals surface area contributed by atoms with Gasteiger partial charge in [-0.2, -0.15) is 0 Å². The maximum Gasteiger partial charge on any atom is 0.251 e. The lowest BCUT2D eigenvalue weighted by atomic mass is 10.2. The second-order valence-electron chi connectivity index (χ2n) is 5.65. The Balaban J connectivity index is 1.67. The van der Waals surface area contributed by atoms with E-state index < -0.39 is 10.0 Å².